The molecule has 0 saturated carbocycles. The van der Waals surface area contributed by atoms with Crippen LogP contribution in [-0.2, 0) is 5.41 Å². The fraction of sp³-hybridized carbons (Fsp3) is 0.167. The number of rotatable bonds is 4. The van der Waals surface area contributed by atoms with Crippen LogP contribution in [0.5, 0.6) is 11.5 Å². The van der Waals surface area contributed by atoms with Crippen LogP contribution in [0.1, 0.15) is 26.3 Å². The minimum absolute atomic E-state index is 0.00100. The second kappa shape index (κ2) is 9.67. The molecule has 6 nitrogen and oxygen atoms in total. The van der Waals surface area contributed by atoms with E-state index in [1.165, 1.54) is 5.56 Å². The lowest BCUT2D eigenvalue weighted by atomic mass is 9.88. The van der Waals surface area contributed by atoms with Gasteiger partial charge < -0.3 is 14.5 Å². The largest absolute Gasteiger partial charge is 0.459 e. The van der Waals surface area contributed by atoms with Gasteiger partial charge in [-0.15, -0.1) is 0 Å². The number of hydrogen-bond acceptors (Lipinski definition) is 4. The number of aromatic nitrogens is 2. The van der Waals surface area contributed by atoms with Crippen molar-refractivity contribution in [2.45, 2.75) is 26.2 Å². The maximum Gasteiger partial charge on any atom is 0.192 e. The van der Waals surface area contributed by atoms with Crippen molar-refractivity contribution in [3.8, 4) is 17.3 Å². The molecule has 0 bridgehead atoms. The van der Waals surface area contributed by atoms with Crippen molar-refractivity contribution in [2.24, 2.45) is 0 Å². The zero-order valence-electron chi connectivity index (χ0n) is 24.2. The molecule has 6 aromatic rings. The molecule has 1 aliphatic rings. The number of fused-ring (bicyclic) bond motifs is 4. The summed E-state index contributed by atoms with van der Waals surface area (Å²) >= 11 is 0. The van der Waals surface area contributed by atoms with Gasteiger partial charge in [0.25, 0.3) is 0 Å². The van der Waals surface area contributed by atoms with E-state index in [-0.39, 0.29) is 5.41 Å². The Bertz CT molecular complexity index is 2030. The van der Waals surface area contributed by atoms with Gasteiger partial charge >= 0.3 is 0 Å². The first-order valence-corrected chi connectivity index (χ1v) is 14.1. The van der Waals surface area contributed by atoms with E-state index in [1.807, 2.05) is 36.5 Å². The molecule has 7 rings (SSSR count). The number of benzene rings is 4. The summed E-state index contributed by atoms with van der Waals surface area (Å²) in [7, 11) is 2.08. The van der Waals surface area contributed by atoms with Crippen molar-refractivity contribution in [3.05, 3.63) is 120 Å². The summed E-state index contributed by atoms with van der Waals surface area (Å²) in [6.07, 6.45) is 1.89. The number of nitrogens with zero attached hydrogens (tertiary/aromatic N) is 5. The van der Waals surface area contributed by atoms with E-state index in [1.54, 1.807) is 6.07 Å². The number of ether oxygens (including phenoxy) is 1. The molecule has 0 amide bonds. The molecule has 1 aliphatic heterocycles. The van der Waals surface area contributed by atoms with Gasteiger partial charge in [-0.2, -0.15) is 0 Å². The Kier molecular flexibility index (Phi) is 5.91. The van der Waals surface area contributed by atoms with E-state index >= 15 is 0 Å². The van der Waals surface area contributed by atoms with Crippen LogP contribution in [-0.4, -0.2) is 23.3 Å². The van der Waals surface area contributed by atoms with Gasteiger partial charge in [-0.05, 0) is 65.6 Å². The molecule has 0 radical (unpaired) electrons. The van der Waals surface area contributed by atoms with E-state index in [4.69, 9.17) is 16.3 Å². The molecule has 206 valence electrons. The van der Waals surface area contributed by atoms with Gasteiger partial charge in [-0.3, -0.25) is 4.57 Å². The van der Waals surface area contributed by atoms with Crippen molar-refractivity contribution in [2.75, 3.05) is 23.5 Å². The summed E-state index contributed by atoms with van der Waals surface area (Å²) in [6.45, 7) is 15.1. The molecule has 42 heavy (non-hydrogen) atoms. The molecule has 6 heteroatoms. The van der Waals surface area contributed by atoms with Crippen LogP contribution in [0, 0.1) is 6.57 Å². The maximum absolute atomic E-state index is 7.76. The Hall–Kier alpha value is -5.28. The average Bonchev–Trinajstić information content (AvgIpc) is 3.51. The fourth-order valence-electron chi connectivity index (χ4n) is 5.85. The molecule has 0 fully saturated rings. The standard InChI is InChI=1S/C36H31N5O/c1-36(2,3)24-16-17-38-35(18-24)41-31-11-7-6-10-29(31)30-15-14-27(22-34(30)41)42-28-20-25(37-4)19-26(21-28)40-23-39(5)32-12-8-9-13-33(32)40/h6-22H,23H2,1-3,5H3. The third-order valence-corrected chi connectivity index (χ3v) is 7.98. The molecule has 3 heterocycles. The summed E-state index contributed by atoms with van der Waals surface area (Å²) in [4.78, 5) is 13.0. The third kappa shape index (κ3) is 4.31. The summed E-state index contributed by atoms with van der Waals surface area (Å²) in [6, 6.07) is 32.9. The first kappa shape index (κ1) is 25.7. The molecular weight excluding hydrogens is 518 g/mol. The molecule has 0 N–H and O–H groups in total. The molecular formula is C36H31N5O. The Morgan fingerprint density at radius 2 is 1.55 bits per heavy atom. The minimum Gasteiger partial charge on any atom is -0.459 e. The van der Waals surface area contributed by atoms with Gasteiger partial charge in [0, 0.05) is 41.8 Å². The smallest absolute Gasteiger partial charge is 0.192 e. The van der Waals surface area contributed by atoms with Crippen molar-refractivity contribution >= 4 is 44.6 Å². The van der Waals surface area contributed by atoms with Gasteiger partial charge in [-0.1, -0.05) is 51.1 Å². The number of para-hydroxylation sites is 3. The normalized spacial score (nSPS) is 13.0. The Labute approximate surface area is 245 Å². The van der Waals surface area contributed by atoms with E-state index in [2.05, 4.69) is 108 Å². The molecule has 0 saturated heterocycles. The van der Waals surface area contributed by atoms with E-state index in [9.17, 15) is 0 Å². The fourth-order valence-corrected chi connectivity index (χ4v) is 5.85. The zero-order chi connectivity index (χ0) is 29.0. The Balaban J connectivity index is 1.33. The highest BCUT2D eigenvalue weighted by Crippen LogP contribution is 2.43. The van der Waals surface area contributed by atoms with Crippen LogP contribution in [0.25, 0.3) is 32.5 Å². The van der Waals surface area contributed by atoms with Crippen LogP contribution in [0.2, 0.25) is 0 Å². The van der Waals surface area contributed by atoms with Crippen LogP contribution in [0.4, 0.5) is 22.7 Å². The third-order valence-electron chi connectivity index (χ3n) is 7.98. The van der Waals surface area contributed by atoms with Gasteiger partial charge in [0.05, 0.1) is 35.6 Å². The highest BCUT2D eigenvalue weighted by Gasteiger charge is 2.25. The van der Waals surface area contributed by atoms with Crippen LogP contribution >= 0.6 is 0 Å². The van der Waals surface area contributed by atoms with Crippen molar-refractivity contribution < 1.29 is 4.74 Å². The van der Waals surface area contributed by atoms with E-state index in [0.29, 0.717) is 23.9 Å². The van der Waals surface area contributed by atoms with Crippen molar-refractivity contribution in [3.63, 3.8) is 0 Å². The SMILES string of the molecule is [C-]#[N+]c1cc(Oc2ccc3c4ccccc4n(-c4cc(C(C)(C)C)ccn4)c3c2)cc(N2CN(C)c3ccccc32)c1. The van der Waals surface area contributed by atoms with E-state index < -0.39 is 0 Å². The number of anilines is 3. The quantitative estimate of drug-likeness (QED) is 0.205. The molecule has 0 aliphatic carbocycles. The monoisotopic (exact) mass is 549 g/mol. The molecule has 0 atom stereocenters. The number of pyridine rings is 1. The maximum atomic E-state index is 7.76. The Morgan fingerprint density at radius 3 is 2.36 bits per heavy atom. The van der Waals surface area contributed by atoms with E-state index in [0.717, 1.165) is 44.7 Å². The molecule has 4 aromatic carbocycles. The lowest BCUT2D eigenvalue weighted by Crippen LogP contribution is -2.23. The first-order chi connectivity index (χ1) is 20.3. The van der Waals surface area contributed by atoms with Crippen LogP contribution in [0.3, 0.4) is 0 Å². The topological polar surface area (TPSA) is 37.9 Å². The molecule has 0 unspecified atom stereocenters. The Morgan fingerprint density at radius 1 is 0.786 bits per heavy atom. The highest BCUT2D eigenvalue weighted by atomic mass is 16.5. The van der Waals surface area contributed by atoms with Crippen LogP contribution < -0.4 is 14.5 Å². The van der Waals surface area contributed by atoms with Gasteiger partial charge in [0.1, 0.15) is 17.3 Å². The van der Waals surface area contributed by atoms with Crippen molar-refractivity contribution in [1.82, 2.24) is 9.55 Å². The average molecular weight is 550 g/mol. The number of hydrogen-bond donors (Lipinski definition) is 0. The summed E-state index contributed by atoms with van der Waals surface area (Å²) in [5.41, 5.74) is 7.08. The van der Waals surface area contributed by atoms with Gasteiger partial charge in [0.2, 0.25) is 0 Å². The van der Waals surface area contributed by atoms with Gasteiger partial charge in [0.15, 0.2) is 5.69 Å². The summed E-state index contributed by atoms with van der Waals surface area (Å²) in [5.74, 6) is 2.20. The summed E-state index contributed by atoms with van der Waals surface area (Å²) < 4.78 is 8.70. The second-order valence-corrected chi connectivity index (χ2v) is 11.8. The second-order valence-electron chi connectivity index (χ2n) is 11.8. The first-order valence-electron chi connectivity index (χ1n) is 14.1. The van der Waals surface area contributed by atoms with Crippen molar-refractivity contribution in [1.29, 1.82) is 0 Å². The predicted octanol–water partition coefficient (Wildman–Crippen LogP) is 9.36. The predicted molar refractivity (Wildman–Crippen MR) is 172 cm³/mol. The lowest BCUT2D eigenvalue weighted by Gasteiger charge is -2.21. The van der Waals surface area contributed by atoms with Gasteiger partial charge in [-0.25, -0.2) is 9.83 Å². The molecule has 0 spiro atoms. The highest BCUT2D eigenvalue weighted by molar-refractivity contribution is 6.09. The minimum atomic E-state index is 0.00100. The zero-order valence-corrected chi connectivity index (χ0v) is 24.2. The molecule has 2 aromatic heterocycles. The van der Waals surface area contributed by atoms with Crippen LogP contribution in [0.15, 0.2) is 103 Å². The summed E-state index contributed by atoms with van der Waals surface area (Å²) in [5, 5.41) is 2.30. The lowest BCUT2D eigenvalue weighted by molar-refractivity contribution is 0.483.